The maximum absolute atomic E-state index is 12.6. The second kappa shape index (κ2) is 6.36. The quantitative estimate of drug-likeness (QED) is 0.577. The molecule has 0 saturated carbocycles. The third-order valence-electron chi connectivity index (χ3n) is 2.89. The Hall–Kier alpha value is -1.41. The van der Waals surface area contributed by atoms with Crippen LogP contribution in [0.15, 0.2) is 11.2 Å². The molecule has 0 atom stereocenters. The molecule has 0 aliphatic rings. The fourth-order valence-electron chi connectivity index (χ4n) is 1.90. The molecular weight excluding hydrogens is 278 g/mol. The fraction of sp³-hybridized carbons (Fsp3) is 0.667. The van der Waals surface area contributed by atoms with E-state index in [0.717, 1.165) is 13.0 Å². The predicted molar refractivity (Wildman–Crippen MR) is 78.2 cm³/mol. The lowest BCUT2D eigenvalue weighted by atomic mass is 10.4. The molecule has 0 saturated heterocycles. The van der Waals surface area contributed by atoms with Gasteiger partial charge in [0.25, 0.3) is 10.0 Å². The highest BCUT2D eigenvalue weighted by molar-refractivity contribution is 7.89. The average Bonchev–Trinajstić information content (AvgIpc) is 2.68. The molecule has 0 radical (unpaired) electrons. The van der Waals surface area contributed by atoms with Crippen molar-refractivity contribution in [2.75, 3.05) is 6.54 Å². The first-order valence-electron chi connectivity index (χ1n) is 6.58. The molecule has 0 aromatic carbocycles. The molecule has 1 aromatic rings. The van der Waals surface area contributed by atoms with Crippen LogP contribution in [0.5, 0.6) is 0 Å². The van der Waals surface area contributed by atoms with E-state index in [-0.39, 0.29) is 23.4 Å². The van der Waals surface area contributed by atoms with Gasteiger partial charge in [-0.2, -0.15) is 4.31 Å². The number of hydrogen-bond donors (Lipinski definition) is 2. The summed E-state index contributed by atoms with van der Waals surface area (Å²) in [5, 5.41) is 7.33. The van der Waals surface area contributed by atoms with Gasteiger partial charge in [-0.15, -0.1) is 0 Å². The number of sulfonamides is 1. The molecule has 0 amide bonds. The topological polar surface area (TPSA) is 105 Å². The van der Waals surface area contributed by atoms with Gasteiger partial charge in [0, 0.05) is 18.8 Å². The van der Waals surface area contributed by atoms with Crippen molar-refractivity contribution in [3.8, 4) is 0 Å². The van der Waals surface area contributed by atoms with Crippen LogP contribution in [0.4, 0.5) is 0 Å². The van der Waals surface area contributed by atoms with Gasteiger partial charge in [-0.3, -0.25) is 5.41 Å². The van der Waals surface area contributed by atoms with Crippen molar-refractivity contribution in [1.29, 1.82) is 5.41 Å². The van der Waals surface area contributed by atoms with Crippen LogP contribution in [0.3, 0.4) is 0 Å². The van der Waals surface area contributed by atoms with Crippen molar-refractivity contribution in [3.63, 3.8) is 0 Å². The van der Waals surface area contributed by atoms with Crippen LogP contribution in [0.25, 0.3) is 0 Å². The van der Waals surface area contributed by atoms with Crippen molar-refractivity contribution in [1.82, 2.24) is 13.9 Å². The standard InChI is InChI=1S/C12H23N5O2S/c1-5-6-16-8-12(15-10(16)4)20(18,19)17(9(2)3)7-11(13)14/h8-9H,5-7H2,1-4H3,(H3,13,14). The SMILES string of the molecule is CCCn1cc(S(=O)(=O)N(CC(=N)N)C(C)C)nc1C. The zero-order valence-corrected chi connectivity index (χ0v) is 13.2. The van der Waals surface area contributed by atoms with E-state index < -0.39 is 10.0 Å². The van der Waals surface area contributed by atoms with Crippen molar-refractivity contribution in [2.45, 2.75) is 51.7 Å². The number of aromatic nitrogens is 2. The Labute approximate surface area is 120 Å². The number of nitrogens with one attached hydrogen (secondary N) is 1. The molecule has 1 rings (SSSR count). The number of imidazole rings is 1. The second-order valence-corrected chi connectivity index (χ2v) is 6.83. The van der Waals surface area contributed by atoms with E-state index in [1.165, 1.54) is 4.31 Å². The van der Waals surface area contributed by atoms with Gasteiger partial charge in [0.05, 0.1) is 6.54 Å². The number of nitrogens with two attached hydrogens (primary N) is 1. The molecule has 0 bridgehead atoms. The third-order valence-corrected chi connectivity index (χ3v) is 4.79. The van der Waals surface area contributed by atoms with E-state index in [9.17, 15) is 8.42 Å². The molecule has 1 aromatic heterocycles. The van der Waals surface area contributed by atoms with Crippen LogP contribution in [0, 0.1) is 12.3 Å². The Morgan fingerprint density at radius 1 is 1.55 bits per heavy atom. The van der Waals surface area contributed by atoms with Crippen LogP contribution in [-0.4, -0.2) is 40.7 Å². The van der Waals surface area contributed by atoms with Crippen molar-refractivity contribution in [2.24, 2.45) is 5.73 Å². The van der Waals surface area contributed by atoms with Gasteiger partial charge in [0.1, 0.15) is 11.7 Å². The maximum Gasteiger partial charge on any atom is 0.262 e. The van der Waals surface area contributed by atoms with Gasteiger partial charge in [-0.25, -0.2) is 13.4 Å². The first-order valence-corrected chi connectivity index (χ1v) is 8.02. The molecular formula is C12H23N5O2S. The summed E-state index contributed by atoms with van der Waals surface area (Å²) < 4.78 is 28.2. The van der Waals surface area contributed by atoms with E-state index >= 15 is 0 Å². The molecule has 114 valence electrons. The molecule has 1 heterocycles. The molecule has 8 heteroatoms. The normalized spacial score (nSPS) is 12.3. The Balaban J connectivity index is 3.19. The molecule has 0 spiro atoms. The van der Waals surface area contributed by atoms with Crippen LogP contribution >= 0.6 is 0 Å². The van der Waals surface area contributed by atoms with Crippen LogP contribution in [-0.2, 0) is 16.6 Å². The summed E-state index contributed by atoms with van der Waals surface area (Å²) in [5.41, 5.74) is 5.34. The minimum absolute atomic E-state index is 0.0124. The number of amidine groups is 1. The first kappa shape index (κ1) is 16.6. The molecule has 7 nitrogen and oxygen atoms in total. The third kappa shape index (κ3) is 3.57. The smallest absolute Gasteiger partial charge is 0.262 e. The van der Waals surface area contributed by atoms with E-state index in [1.54, 1.807) is 27.0 Å². The Bertz CT molecular complexity index is 577. The highest BCUT2D eigenvalue weighted by Crippen LogP contribution is 2.17. The Morgan fingerprint density at radius 3 is 2.60 bits per heavy atom. The van der Waals surface area contributed by atoms with Gasteiger partial charge in [-0.1, -0.05) is 6.92 Å². The highest BCUT2D eigenvalue weighted by Gasteiger charge is 2.30. The summed E-state index contributed by atoms with van der Waals surface area (Å²) in [7, 11) is -3.73. The van der Waals surface area contributed by atoms with Crippen molar-refractivity contribution >= 4 is 15.9 Å². The summed E-state index contributed by atoms with van der Waals surface area (Å²) in [5.74, 6) is 0.476. The number of aryl methyl sites for hydroxylation is 2. The van der Waals surface area contributed by atoms with Gasteiger partial charge in [-0.05, 0) is 27.2 Å². The summed E-state index contributed by atoms with van der Waals surface area (Å²) in [6.45, 7) is 7.89. The first-order chi connectivity index (χ1) is 9.20. The molecule has 3 N–H and O–H groups in total. The lowest BCUT2D eigenvalue weighted by Crippen LogP contribution is -2.42. The largest absolute Gasteiger partial charge is 0.387 e. The van der Waals surface area contributed by atoms with Crippen LogP contribution in [0.2, 0.25) is 0 Å². The van der Waals surface area contributed by atoms with E-state index in [1.807, 2.05) is 11.5 Å². The van der Waals surface area contributed by atoms with Crippen molar-refractivity contribution in [3.05, 3.63) is 12.0 Å². The molecule has 0 aliphatic heterocycles. The predicted octanol–water partition coefficient (Wildman–Crippen LogP) is 0.937. The number of rotatable bonds is 7. The lowest BCUT2D eigenvalue weighted by Gasteiger charge is -2.24. The Kier molecular flexibility index (Phi) is 5.29. The molecule has 20 heavy (non-hydrogen) atoms. The van der Waals surface area contributed by atoms with E-state index in [4.69, 9.17) is 11.1 Å². The summed E-state index contributed by atoms with van der Waals surface area (Å²) in [4.78, 5) is 4.13. The van der Waals surface area contributed by atoms with Gasteiger partial charge in [0.2, 0.25) is 0 Å². The maximum atomic E-state index is 12.6. The molecule has 0 unspecified atom stereocenters. The highest BCUT2D eigenvalue weighted by atomic mass is 32.2. The fourth-order valence-corrected chi connectivity index (χ4v) is 3.52. The summed E-state index contributed by atoms with van der Waals surface area (Å²) >= 11 is 0. The van der Waals surface area contributed by atoms with Gasteiger partial charge >= 0.3 is 0 Å². The van der Waals surface area contributed by atoms with E-state index in [2.05, 4.69) is 4.98 Å². The molecule has 0 fully saturated rings. The zero-order valence-electron chi connectivity index (χ0n) is 12.4. The molecule has 0 aliphatic carbocycles. The monoisotopic (exact) mass is 301 g/mol. The van der Waals surface area contributed by atoms with Crippen LogP contribution in [0.1, 0.15) is 33.0 Å². The Morgan fingerprint density at radius 2 is 2.15 bits per heavy atom. The van der Waals surface area contributed by atoms with Gasteiger partial charge in [0.15, 0.2) is 5.03 Å². The number of hydrogen-bond acceptors (Lipinski definition) is 4. The minimum Gasteiger partial charge on any atom is -0.387 e. The van der Waals surface area contributed by atoms with Gasteiger partial charge < -0.3 is 10.3 Å². The van der Waals surface area contributed by atoms with Crippen LogP contribution < -0.4 is 5.73 Å². The summed E-state index contributed by atoms with van der Waals surface area (Å²) in [6, 6.07) is -0.291. The average molecular weight is 301 g/mol. The van der Waals surface area contributed by atoms with E-state index in [0.29, 0.717) is 5.82 Å². The minimum atomic E-state index is -3.73. The summed E-state index contributed by atoms with van der Waals surface area (Å²) in [6.07, 6.45) is 2.45. The number of nitrogens with zero attached hydrogens (tertiary/aromatic N) is 3. The second-order valence-electron chi connectivity index (χ2n) is 4.99. The lowest BCUT2D eigenvalue weighted by molar-refractivity contribution is 0.387. The zero-order chi connectivity index (χ0) is 15.5. The van der Waals surface area contributed by atoms with Crippen molar-refractivity contribution < 1.29 is 8.42 Å².